The van der Waals surface area contributed by atoms with Gasteiger partial charge in [0, 0.05) is 18.4 Å². The van der Waals surface area contributed by atoms with Gasteiger partial charge in [0.25, 0.3) is 5.91 Å². The van der Waals surface area contributed by atoms with Crippen molar-refractivity contribution < 1.29 is 4.79 Å². The Balaban J connectivity index is 1.39. The number of aromatic amines is 1. The number of amides is 1. The van der Waals surface area contributed by atoms with E-state index in [4.69, 9.17) is 0 Å². The molecule has 0 aliphatic rings. The lowest BCUT2D eigenvalue weighted by Gasteiger charge is -2.25. The van der Waals surface area contributed by atoms with Crippen molar-refractivity contribution in [3.8, 4) is 5.69 Å². The maximum absolute atomic E-state index is 12.9. The Labute approximate surface area is 178 Å². The van der Waals surface area contributed by atoms with Gasteiger partial charge < -0.3 is 4.90 Å². The van der Waals surface area contributed by atoms with Gasteiger partial charge in [-0.15, -0.1) is 0 Å². The molecule has 0 saturated heterocycles. The van der Waals surface area contributed by atoms with Crippen LogP contribution in [0.25, 0.3) is 5.69 Å². The van der Waals surface area contributed by atoms with E-state index >= 15 is 0 Å². The minimum absolute atomic E-state index is 0.0164. The van der Waals surface area contributed by atoms with Crippen LogP contribution in [-0.2, 0) is 5.75 Å². The molecule has 4 rings (SSSR count). The van der Waals surface area contributed by atoms with Crippen LogP contribution in [0.1, 0.15) is 34.5 Å². The second kappa shape index (κ2) is 8.91. The Morgan fingerprint density at radius 1 is 1.13 bits per heavy atom. The third kappa shape index (κ3) is 4.41. The highest BCUT2D eigenvalue weighted by molar-refractivity contribution is 7.98. The molecule has 1 atom stereocenters. The van der Waals surface area contributed by atoms with Gasteiger partial charge in [-0.25, -0.2) is 14.6 Å². The fraction of sp³-hybridized carbons (Fsp3) is 0.190. The Morgan fingerprint density at radius 2 is 1.90 bits per heavy atom. The zero-order valence-corrected chi connectivity index (χ0v) is 17.5. The van der Waals surface area contributed by atoms with Gasteiger partial charge in [-0.3, -0.25) is 9.89 Å². The number of carbonyl (C=O) groups is 1. The molecule has 2 aromatic heterocycles. The molecule has 1 amide bonds. The average molecular weight is 420 g/mol. The van der Waals surface area contributed by atoms with Gasteiger partial charge in [0.2, 0.25) is 0 Å². The van der Waals surface area contributed by atoms with E-state index in [1.54, 1.807) is 27.7 Å². The summed E-state index contributed by atoms with van der Waals surface area (Å²) in [6.45, 7) is 2.02. The van der Waals surface area contributed by atoms with E-state index in [0.29, 0.717) is 5.56 Å². The average Bonchev–Trinajstić information content (AvgIpc) is 3.51. The Morgan fingerprint density at radius 3 is 2.53 bits per heavy atom. The Hall–Kier alpha value is -3.46. The van der Waals surface area contributed by atoms with Crippen LogP contribution in [0, 0.1) is 0 Å². The summed E-state index contributed by atoms with van der Waals surface area (Å²) >= 11 is 1.57. The number of nitrogens with zero attached hydrogens (tertiary/aromatic N) is 6. The molecule has 4 aromatic rings. The third-order valence-corrected chi connectivity index (χ3v) is 5.88. The van der Waals surface area contributed by atoms with E-state index in [-0.39, 0.29) is 11.9 Å². The smallest absolute Gasteiger partial charge is 0.254 e. The molecule has 0 aliphatic heterocycles. The summed E-state index contributed by atoms with van der Waals surface area (Å²) in [5, 5.41) is 11.6. The number of hydrogen-bond acceptors (Lipinski definition) is 6. The Kier molecular flexibility index (Phi) is 5.89. The van der Waals surface area contributed by atoms with E-state index in [0.717, 1.165) is 27.7 Å². The number of carbonyl (C=O) groups excluding carboxylic acids is 1. The lowest BCUT2D eigenvalue weighted by Crippen LogP contribution is -2.29. The minimum atomic E-state index is -0.0658. The van der Waals surface area contributed by atoms with Gasteiger partial charge in [-0.05, 0) is 42.3 Å². The van der Waals surface area contributed by atoms with Gasteiger partial charge in [-0.2, -0.15) is 10.2 Å². The topological polar surface area (TPSA) is 92.6 Å². The maximum atomic E-state index is 12.9. The minimum Gasteiger partial charge on any atom is -0.335 e. The molecule has 152 valence electrons. The summed E-state index contributed by atoms with van der Waals surface area (Å²) in [6.07, 6.45) is 4.65. The van der Waals surface area contributed by atoms with Gasteiger partial charge in [-0.1, -0.05) is 36.0 Å². The van der Waals surface area contributed by atoms with Crippen LogP contribution in [0.15, 0.2) is 72.7 Å². The zero-order chi connectivity index (χ0) is 20.9. The number of rotatable bonds is 7. The molecule has 2 aromatic carbocycles. The van der Waals surface area contributed by atoms with E-state index in [2.05, 4.69) is 25.3 Å². The molecule has 9 heteroatoms. The summed E-state index contributed by atoms with van der Waals surface area (Å²) in [7, 11) is 1.83. The number of hydrogen-bond donors (Lipinski definition) is 1. The summed E-state index contributed by atoms with van der Waals surface area (Å²) in [5.41, 5.74) is 3.76. The fourth-order valence-corrected chi connectivity index (χ4v) is 3.74. The standard InChI is InChI=1S/C21H21N7OS/c1-15(17-7-9-19(10-8-17)28-14-22-12-25-28)27(2)20(29)18-5-3-16(4-6-18)11-30-21-23-13-24-26-21/h3-10,12-15H,11H2,1-2H3,(H,23,24,26). The highest BCUT2D eigenvalue weighted by Gasteiger charge is 2.19. The normalized spacial score (nSPS) is 11.9. The van der Waals surface area contributed by atoms with Crippen molar-refractivity contribution in [1.82, 2.24) is 34.8 Å². The van der Waals surface area contributed by atoms with Crippen LogP contribution < -0.4 is 0 Å². The van der Waals surface area contributed by atoms with Crippen LogP contribution in [0.4, 0.5) is 0 Å². The monoisotopic (exact) mass is 419 g/mol. The first-order chi connectivity index (χ1) is 14.6. The number of aromatic nitrogens is 6. The van der Waals surface area contributed by atoms with Crippen molar-refractivity contribution in [3.05, 3.63) is 84.2 Å². The summed E-state index contributed by atoms with van der Waals surface area (Å²) in [6, 6.07) is 15.6. The molecule has 1 N–H and O–H groups in total. The van der Waals surface area contributed by atoms with Crippen LogP contribution in [-0.4, -0.2) is 47.8 Å². The molecular weight excluding hydrogens is 398 g/mol. The van der Waals surface area contributed by atoms with Gasteiger partial charge in [0.1, 0.15) is 19.0 Å². The third-order valence-electron chi connectivity index (χ3n) is 4.93. The molecule has 0 bridgehead atoms. The van der Waals surface area contributed by atoms with Crippen molar-refractivity contribution in [2.24, 2.45) is 0 Å². The number of thioether (sulfide) groups is 1. The first-order valence-corrected chi connectivity index (χ1v) is 10.4. The zero-order valence-electron chi connectivity index (χ0n) is 16.6. The molecule has 0 fully saturated rings. The predicted molar refractivity (Wildman–Crippen MR) is 114 cm³/mol. The van der Waals surface area contributed by atoms with E-state index in [1.165, 1.54) is 12.7 Å². The van der Waals surface area contributed by atoms with Crippen LogP contribution in [0.3, 0.4) is 0 Å². The number of H-pyrrole nitrogens is 1. The lowest BCUT2D eigenvalue weighted by atomic mass is 10.1. The Bertz CT molecular complexity index is 1080. The highest BCUT2D eigenvalue weighted by Crippen LogP contribution is 2.23. The van der Waals surface area contributed by atoms with Crippen LogP contribution >= 0.6 is 11.8 Å². The molecule has 8 nitrogen and oxygen atoms in total. The second-order valence-corrected chi connectivity index (χ2v) is 7.76. The van der Waals surface area contributed by atoms with Crippen molar-refractivity contribution in [1.29, 1.82) is 0 Å². The quantitative estimate of drug-likeness (QED) is 0.461. The van der Waals surface area contributed by atoms with E-state index in [1.807, 2.05) is 62.5 Å². The van der Waals surface area contributed by atoms with E-state index < -0.39 is 0 Å². The molecule has 0 saturated carbocycles. The highest BCUT2D eigenvalue weighted by atomic mass is 32.2. The first kappa shape index (κ1) is 19.8. The van der Waals surface area contributed by atoms with Crippen LogP contribution in [0.2, 0.25) is 0 Å². The lowest BCUT2D eigenvalue weighted by molar-refractivity contribution is 0.0742. The molecular formula is C21H21N7OS. The molecule has 30 heavy (non-hydrogen) atoms. The second-order valence-electron chi connectivity index (χ2n) is 6.80. The largest absolute Gasteiger partial charge is 0.335 e. The van der Waals surface area contributed by atoms with Crippen molar-refractivity contribution in [2.45, 2.75) is 23.9 Å². The number of benzene rings is 2. The fourth-order valence-electron chi connectivity index (χ4n) is 3.01. The van der Waals surface area contributed by atoms with Gasteiger partial charge in [0.15, 0.2) is 5.16 Å². The molecule has 1 unspecified atom stereocenters. The first-order valence-electron chi connectivity index (χ1n) is 9.41. The summed E-state index contributed by atoms with van der Waals surface area (Å²) in [5.74, 6) is 0.742. The van der Waals surface area contributed by atoms with Gasteiger partial charge in [0.05, 0.1) is 11.7 Å². The van der Waals surface area contributed by atoms with Crippen LogP contribution in [0.5, 0.6) is 0 Å². The molecule has 0 spiro atoms. The summed E-state index contributed by atoms with van der Waals surface area (Å²) < 4.78 is 1.70. The van der Waals surface area contributed by atoms with Crippen molar-refractivity contribution in [2.75, 3.05) is 7.05 Å². The predicted octanol–water partition coefficient (Wildman–Crippen LogP) is 3.51. The van der Waals surface area contributed by atoms with Crippen molar-refractivity contribution >= 4 is 17.7 Å². The summed E-state index contributed by atoms with van der Waals surface area (Å²) in [4.78, 5) is 22.8. The van der Waals surface area contributed by atoms with Gasteiger partial charge >= 0.3 is 0 Å². The molecule has 2 heterocycles. The maximum Gasteiger partial charge on any atom is 0.254 e. The number of nitrogens with one attached hydrogen (secondary N) is 1. The van der Waals surface area contributed by atoms with Crippen molar-refractivity contribution in [3.63, 3.8) is 0 Å². The SMILES string of the molecule is CC(c1ccc(-n2cncn2)cc1)N(C)C(=O)c1ccc(CSc2ncn[nH]2)cc1. The molecule has 0 aliphatic carbocycles. The van der Waals surface area contributed by atoms with E-state index in [9.17, 15) is 4.79 Å². The molecule has 0 radical (unpaired) electrons.